The van der Waals surface area contributed by atoms with Crippen molar-refractivity contribution in [3.63, 3.8) is 0 Å². The molecule has 0 atom stereocenters. The van der Waals surface area contributed by atoms with E-state index in [9.17, 15) is 0 Å². The average Bonchev–Trinajstić information content (AvgIpc) is 2.83. The van der Waals surface area contributed by atoms with Gasteiger partial charge in [0.2, 0.25) is 5.95 Å². The molecule has 3 rings (SSSR count). The SMILES string of the molecule is C/C(=N\Nc1nc2ccccc2n1C)C1=NCCC=N1. The minimum Gasteiger partial charge on any atom is -0.312 e. The van der Waals surface area contributed by atoms with Crippen molar-refractivity contribution in [3.8, 4) is 0 Å². The number of nitrogens with zero attached hydrogens (tertiary/aromatic N) is 5. The van der Waals surface area contributed by atoms with Crippen LogP contribution in [0.15, 0.2) is 39.4 Å². The number of para-hydroxylation sites is 2. The zero-order valence-electron chi connectivity index (χ0n) is 11.5. The van der Waals surface area contributed by atoms with Crippen molar-refractivity contribution >= 4 is 34.7 Å². The zero-order chi connectivity index (χ0) is 13.9. The summed E-state index contributed by atoms with van der Waals surface area (Å²) >= 11 is 0. The van der Waals surface area contributed by atoms with Gasteiger partial charge in [-0.1, -0.05) is 12.1 Å². The van der Waals surface area contributed by atoms with E-state index in [1.165, 1.54) is 0 Å². The second-order valence-corrected chi connectivity index (χ2v) is 4.60. The van der Waals surface area contributed by atoms with Crippen molar-refractivity contribution in [2.45, 2.75) is 13.3 Å². The van der Waals surface area contributed by atoms with E-state index in [0.717, 1.165) is 29.7 Å². The third kappa shape index (κ3) is 2.32. The van der Waals surface area contributed by atoms with Crippen LogP contribution in [-0.4, -0.2) is 33.9 Å². The van der Waals surface area contributed by atoms with Crippen LogP contribution in [0, 0.1) is 0 Å². The van der Waals surface area contributed by atoms with Crippen LogP contribution in [0.25, 0.3) is 11.0 Å². The molecule has 0 spiro atoms. The van der Waals surface area contributed by atoms with Crippen LogP contribution in [0.5, 0.6) is 0 Å². The molecule has 0 saturated heterocycles. The number of amidine groups is 1. The van der Waals surface area contributed by atoms with Crippen molar-refractivity contribution < 1.29 is 0 Å². The molecule has 0 saturated carbocycles. The van der Waals surface area contributed by atoms with Crippen LogP contribution in [-0.2, 0) is 7.05 Å². The lowest BCUT2D eigenvalue weighted by Gasteiger charge is -2.05. The Morgan fingerprint density at radius 2 is 2.20 bits per heavy atom. The summed E-state index contributed by atoms with van der Waals surface area (Å²) in [5, 5.41) is 4.31. The summed E-state index contributed by atoms with van der Waals surface area (Å²) in [7, 11) is 1.96. The van der Waals surface area contributed by atoms with Gasteiger partial charge in [-0.25, -0.2) is 15.4 Å². The van der Waals surface area contributed by atoms with E-state index in [2.05, 4.69) is 25.5 Å². The van der Waals surface area contributed by atoms with Gasteiger partial charge in [-0.15, -0.1) is 0 Å². The molecule has 6 nitrogen and oxygen atoms in total. The van der Waals surface area contributed by atoms with Crippen molar-refractivity contribution in [1.82, 2.24) is 9.55 Å². The highest BCUT2D eigenvalue weighted by molar-refractivity contribution is 6.42. The molecule has 20 heavy (non-hydrogen) atoms. The topological polar surface area (TPSA) is 66.9 Å². The fourth-order valence-corrected chi connectivity index (χ4v) is 2.06. The number of benzene rings is 1. The first-order chi connectivity index (χ1) is 9.75. The van der Waals surface area contributed by atoms with Crippen LogP contribution in [0.2, 0.25) is 0 Å². The first-order valence-corrected chi connectivity index (χ1v) is 6.55. The van der Waals surface area contributed by atoms with Gasteiger partial charge in [-0.3, -0.25) is 4.99 Å². The third-order valence-electron chi connectivity index (χ3n) is 3.17. The van der Waals surface area contributed by atoms with Crippen LogP contribution >= 0.6 is 0 Å². The van der Waals surface area contributed by atoms with Gasteiger partial charge in [0.05, 0.1) is 11.0 Å². The minimum atomic E-state index is 0.683. The van der Waals surface area contributed by atoms with Crippen molar-refractivity contribution in [2.24, 2.45) is 22.1 Å². The number of nitrogens with one attached hydrogen (secondary N) is 1. The summed E-state index contributed by atoms with van der Waals surface area (Å²) < 4.78 is 1.97. The summed E-state index contributed by atoms with van der Waals surface area (Å²) in [4.78, 5) is 13.1. The predicted octanol–water partition coefficient (Wildman–Crippen LogP) is 2.23. The number of hydrogen-bond donors (Lipinski definition) is 1. The van der Waals surface area contributed by atoms with E-state index >= 15 is 0 Å². The maximum Gasteiger partial charge on any atom is 0.224 e. The van der Waals surface area contributed by atoms with E-state index in [0.29, 0.717) is 11.8 Å². The summed E-state index contributed by atoms with van der Waals surface area (Å²) in [6, 6.07) is 7.97. The Labute approximate surface area is 117 Å². The Balaban J connectivity index is 1.84. The number of imidazole rings is 1. The van der Waals surface area contributed by atoms with Gasteiger partial charge in [-0.2, -0.15) is 5.10 Å². The Hall–Kier alpha value is -2.50. The van der Waals surface area contributed by atoms with Gasteiger partial charge in [-0.05, 0) is 19.1 Å². The van der Waals surface area contributed by atoms with Crippen molar-refractivity contribution in [3.05, 3.63) is 24.3 Å². The lowest BCUT2D eigenvalue weighted by atomic mass is 10.3. The molecule has 1 aromatic carbocycles. The average molecular weight is 268 g/mol. The van der Waals surface area contributed by atoms with E-state index in [-0.39, 0.29) is 0 Å². The highest BCUT2D eigenvalue weighted by atomic mass is 15.4. The molecular weight excluding hydrogens is 252 g/mol. The fraction of sp³-hybridized carbons (Fsp3) is 0.286. The molecule has 0 amide bonds. The van der Waals surface area contributed by atoms with Crippen LogP contribution in [0.3, 0.4) is 0 Å². The van der Waals surface area contributed by atoms with E-state index in [1.54, 1.807) is 0 Å². The molecule has 1 aliphatic heterocycles. The van der Waals surface area contributed by atoms with Gasteiger partial charge in [0.15, 0.2) is 5.84 Å². The molecule has 0 fully saturated rings. The van der Waals surface area contributed by atoms with Gasteiger partial charge >= 0.3 is 0 Å². The molecule has 2 heterocycles. The Morgan fingerprint density at radius 1 is 1.35 bits per heavy atom. The Morgan fingerprint density at radius 3 is 2.95 bits per heavy atom. The minimum absolute atomic E-state index is 0.683. The number of anilines is 1. The first kappa shape index (κ1) is 12.5. The number of hydrazone groups is 1. The lowest BCUT2D eigenvalue weighted by Crippen LogP contribution is -2.14. The van der Waals surface area contributed by atoms with Crippen LogP contribution in [0.1, 0.15) is 13.3 Å². The zero-order valence-corrected chi connectivity index (χ0v) is 11.5. The largest absolute Gasteiger partial charge is 0.312 e. The maximum absolute atomic E-state index is 4.50. The Kier molecular flexibility index (Phi) is 3.28. The molecule has 0 radical (unpaired) electrons. The van der Waals surface area contributed by atoms with Gasteiger partial charge in [0.25, 0.3) is 0 Å². The quantitative estimate of drug-likeness (QED) is 0.685. The standard InChI is InChI=1S/C14H16N6/c1-10(13-15-8-5-9-16-13)18-19-14-17-11-6-3-4-7-12(11)20(14)2/h3-4,6-8H,5,9H2,1-2H3,(H,17,19)/b18-10+. The third-order valence-corrected chi connectivity index (χ3v) is 3.17. The van der Waals surface area contributed by atoms with Crippen molar-refractivity contribution in [1.29, 1.82) is 0 Å². The molecule has 2 aromatic rings. The number of fused-ring (bicyclic) bond motifs is 1. The monoisotopic (exact) mass is 268 g/mol. The van der Waals surface area contributed by atoms with E-state index in [4.69, 9.17) is 0 Å². The number of aromatic nitrogens is 2. The summed E-state index contributed by atoms with van der Waals surface area (Å²) in [5.74, 6) is 1.38. The summed E-state index contributed by atoms with van der Waals surface area (Å²) in [5.41, 5.74) is 5.75. The highest BCUT2D eigenvalue weighted by Crippen LogP contribution is 2.17. The smallest absolute Gasteiger partial charge is 0.224 e. The molecular formula is C14H16N6. The highest BCUT2D eigenvalue weighted by Gasteiger charge is 2.08. The molecule has 1 aromatic heterocycles. The van der Waals surface area contributed by atoms with E-state index in [1.807, 2.05) is 49.0 Å². The fourth-order valence-electron chi connectivity index (χ4n) is 2.06. The van der Waals surface area contributed by atoms with Crippen LogP contribution < -0.4 is 5.43 Å². The molecule has 102 valence electrons. The number of rotatable bonds is 3. The number of aryl methyl sites for hydroxylation is 1. The van der Waals surface area contributed by atoms with Gasteiger partial charge in [0, 0.05) is 26.2 Å². The molecule has 1 N–H and O–H groups in total. The molecule has 0 unspecified atom stereocenters. The summed E-state index contributed by atoms with van der Waals surface area (Å²) in [6.45, 7) is 2.66. The molecule has 0 bridgehead atoms. The second kappa shape index (κ2) is 5.24. The van der Waals surface area contributed by atoms with Crippen molar-refractivity contribution in [2.75, 3.05) is 12.0 Å². The molecule has 6 heteroatoms. The van der Waals surface area contributed by atoms with Crippen LogP contribution in [0.4, 0.5) is 5.95 Å². The number of hydrogen-bond acceptors (Lipinski definition) is 5. The lowest BCUT2D eigenvalue weighted by molar-refractivity contribution is 0.942. The van der Waals surface area contributed by atoms with Gasteiger partial charge < -0.3 is 4.57 Å². The molecule has 0 aliphatic carbocycles. The molecule has 1 aliphatic rings. The van der Waals surface area contributed by atoms with E-state index < -0.39 is 0 Å². The normalized spacial score (nSPS) is 15.5. The summed E-state index contributed by atoms with van der Waals surface area (Å²) in [6.07, 6.45) is 2.77. The maximum atomic E-state index is 4.50. The Bertz CT molecular complexity index is 722. The predicted molar refractivity (Wildman–Crippen MR) is 82.9 cm³/mol. The second-order valence-electron chi connectivity index (χ2n) is 4.60. The van der Waals surface area contributed by atoms with Gasteiger partial charge in [0.1, 0.15) is 5.71 Å². The number of aliphatic imine (C=N–C) groups is 2. The first-order valence-electron chi connectivity index (χ1n) is 6.55.